The first kappa shape index (κ1) is 14.3. The summed E-state index contributed by atoms with van der Waals surface area (Å²) in [6, 6.07) is 0.706. The minimum atomic E-state index is -1.66. The number of amides is 2. The van der Waals surface area contributed by atoms with E-state index in [1.807, 2.05) is 5.32 Å². The Bertz CT molecular complexity index is 651. The molecule has 0 aliphatic heterocycles. The molecule has 1 heterocycles. The Morgan fingerprint density at radius 1 is 1.05 bits per heavy atom. The van der Waals surface area contributed by atoms with Gasteiger partial charge in [0.05, 0.1) is 10.2 Å². The minimum absolute atomic E-state index is 0.0336. The molecule has 2 N–H and O–H groups in total. The molecular weight excluding hydrogens is 341 g/mol. The fourth-order valence-electron chi connectivity index (χ4n) is 1.25. The fraction of sp³-hybridized carbons (Fsp3) is 0. The molecule has 0 spiro atoms. The lowest BCUT2D eigenvalue weighted by atomic mass is 10.3. The van der Waals surface area contributed by atoms with Crippen LogP contribution in [0.1, 0.15) is 0 Å². The Labute approximate surface area is 119 Å². The smallest absolute Gasteiger partial charge is 0.305 e. The molecule has 0 aliphatic carbocycles. The number of urea groups is 1. The quantitative estimate of drug-likeness (QED) is 0.820. The molecule has 2 amide bonds. The van der Waals surface area contributed by atoms with E-state index in [9.17, 15) is 18.0 Å². The second-order valence-corrected chi connectivity index (χ2v) is 4.44. The summed E-state index contributed by atoms with van der Waals surface area (Å²) >= 11 is 3.11. The number of anilines is 2. The summed E-state index contributed by atoms with van der Waals surface area (Å²) in [5.41, 5.74) is -0.501. The Morgan fingerprint density at radius 3 is 2.35 bits per heavy atom. The van der Waals surface area contributed by atoms with Gasteiger partial charge in [0.25, 0.3) is 0 Å². The van der Waals surface area contributed by atoms with Crippen LogP contribution < -0.4 is 10.6 Å². The molecule has 1 aromatic heterocycles. The summed E-state index contributed by atoms with van der Waals surface area (Å²) in [6.07, 6.45) is 2.78. The highest BCUT2D eigenvalue weighted by molar-refractivity contribution is 9.10. The van der Waals surface area contributed by atoms with Crippen molar-refractivity contribution in [2.45, 2.75) is 0 Å². The van der Waals surface area contributed by atoms with Crippen LogP contribution in [-0.2, 0) is 0 Å². The lowest BCUT2D eigenvalue weighted by Crippen LogP contribution is -2.21. The van der Waals surface area contributed by atoms with Gasteiger partial charge >= 0.3 is 6.03 Å². The van der Waals surface area contributed by atoms with E-state index in [-0.39, 0.29) is 5.95 Å². The Kier molecular flexibility index (Phi) is 4.18. The summed E-state index contributed by atoms with van der Waals surface area (Å²) in [4.78, 5) is 19.0. The summed E-state index contributed by atoms with van der Waals surface area (Å²) in [6.45, 7) is 0. The van der Waals surface area contributed by atoms with E-state index in [1.165, 1.54) is 12.4 Å². The monoisotopic (exact) mass is 346 g/mol. The first-order valence-electron chi connectivity index (χ1n) is 5.16. The third kappa shape index (κ3) is 3.23. The lowest BCUT2D eigenvalue weighted by Gasteiger charge is -2.07. The number of aromatic nitrogens is 2. The molecule has 0 saturated heterocycles. The van der Waals surface area contributed by atoms with E-state index in [4.69, 9.17) is 0 Å². The summed E-state index contributed by atoms with van der Waals surface area (Å²) < 4.78 is 39.6. The standard InChI is InChI=1S/C11H6BrF3N4O/c12-5-3-16-10(17-4-5)19-11(20)18-7-2-1-6(13)8(14)9(7)15/h1-4H,(H2,16,17,18,19,20). The van der Waals surface area contributed by atoms with Crippen molar-refractivity contribution in [3.05, 3.63) is 46.5 Å². The zero-order valence-corrected chi connectivity index (χ0v) is 11.2. The second kappa shape index (κ2) is 5.87. The van der Waals surface area contributed by atoms with Crippen molar-refractivity contribution >= 4 is 33.6 Å². The molecule has 0 bridgehead atoms. The predicted octanol–water partition coefficient (Wildman–Crippen LogP) is 3.30. The Morgan fingerprint density at radius 2 is 1.70 bits per heavy atom. The van der Waals surface area contributed by atoms with Crippen LogP contribution in [0.3, 0.4) is 0 Å². The summed E-state index contributed by atoms with van der Waals surface area (Å²) in [7, 11) is 0. The summed E-state index contributed by atoms with van der Waals surface area (Å²) in [5.74, 6) is -4.53. The van der Waals surface area contributed by atoms with Crippen LogP contribution in [0.2, 0.25) is 0 Å². The van der Waals surface area contributed by atoms with Crippen molar-refractivity contribution in [3.8, 4) is 0 Å². The Hall–Kier alpha value is -2.16. The highest BCUT2D eigenvalue weighted by Crippen LogP contribution is 2.19. The first-order chi connectivity index (χ1) is 9.47. The molecule has 0 saturated carbocycles. The molecule has 1 aromatic carbocycles. The van der Waals surface area contributed by atoms with Gasteiger partial charge in [-0.05, 0) is 28.1 Å². The van der Waals surface area contributed by atoms with Crippen LogP contribution >= 0.6 is 15.9 Å². The van der Waals surface area contributed by atoms with Crippen molar-refractivity contribution in [2.75, 3.05) is 10.6 Å². The maximum atomic E-state index is 13.3. The topological polar surface area (TPSA) is 66.9 Å². The maximum Gasteiger partial charge on any atom is 0.326 e. The van der Waals surface area contributed by atoms with E-state index in [0.29, 0.717) is 10.5 Å². The van der Waals surface area contributed by atoms with Gasteiger partial charge in [-0.3, -0.25) is 5.32 Å². The highest BCUT2D eigenvalue weighted by atomic mass is 79.9. The molecule has 0 atom stereocenters. The zero-order valence-electron chi connectivity index (χ0n) is 9.62. The van der Waals surface area contributed by atoms with Gasteiger partial charge in [0.1, 0.15) is 0 Å². The van der Waals surface area contributed by atoms with E-state index in [0.717, 1.165) is 6.07 Å². The lowest BCUT2D eigenvalue weighted by molar-refractivity contribution is 0.262. The maximum absolute atomic E-state index is 13.3. The van der Waals surface area contributed by atoms with Gasteiger partial charge in [0.2, 0.25) is 5.95 Å². The van der Waals surface area contributed by atoms with Crippen LogP contribution in [0.5, 0.6) is 0 Å². The third-order valence-corrected chi connectivity index (χ3v) is 2.54. The Balaban J connectivity index is 2.08. The average Bonchev–Trinajstić information content (AvgIpc) is 2.42. The molecule has 2 rings (SSSR count). The van der Waals surface area contributed by atoms with Gasteiger partial charge in [0, 0.05) is 12.4 Å². The van der Waals surface area contributed by atoms with E-state index < -0.39 is 29.2 Å². The normalized spacial score (nSPS) is 10.2. The molecule has 0 radical (unpaired) electrons. The summed E-state index contributed by atoms with van der Waals surface area (Å²) in [5, 5.41) is 4.22. The number of hydrogen-bond donors (Lipinski definition) is 2. The highest BCUT2D eigenvalue weighted by Gasteiger charge is 2.15. The zero-order chi connectivity index (χ0) is 14.7. The SMILES string of the molecule is O=C(Nc1ncc(Br)cn1)Nc1ccc(F)c(F)c1F. The van der Waals surface area contributed by atoms with E-state index >= 15 is 0 Å². The van der Waals surface area contributed by atoms with Gasteiger partial charge in [-0.15, -0.1) is 0 Å². The largest absolute Gasteiger partial charge is 0.326 e. The number of rotatable bonds is 2. The van der Waals surface area contributed by atoms with Gasteiger partial charge < -0.3 is 5.32 Å². The number of carbonyl (C=O) groups excluding carboxylic acids is 1. The van der Waals surface area contributed by atoms with Crippen LogP contribution in [0.4, 0.5) is 29.6 Å². The van der Waals surface area contributed by atoms with Gasteiger partial charge in [-0.25, -0.2) is 27.9 Å². The van der Waals surface area contributed by atoms with E-state index in [1.54, 1.807) is 0 Å². The van der Waals surface area contributed by atoms with E-state index in [2.05, 4.69) is 31.2 Å². The van der Waals surface area contributed by atoms with Crippen LogP contribution in [0, 0.1) is 17.5 Å². The molecule has 9 heteroatoms. The van der Waals surface area contributed by atoms with Crippen molar-refractivity contribution in [3.63, 3.8) is 0 Å². The molecule has 0 aliphatic rings. The number of halogens is 4. The molecule has 0 fully saturated rings. The van der Waals surface area contributed by atoms with Gasteiger partial charge in [-0.1, -0.05) is 0 Å². The van der Waals surface area contributed by atoms with Crippen LogP contribution in [-0.4, -0.2) is 16.0 Å². The van der Waals surface area contributed by atoms with Crippen LogP contribution in [0.15, 0.2) is 29.0 Å². The molecule has 104 valence electrons. The third-order valence-electron chi connectivity index (χ3n) is 2.13. The average molecular weight is 347 g/mol. The van der Waals surface area contributed by atoms with Crippen molar-refractivity contribution in [1.29, 1.82) is 0 Å². The molecule has 20 heavy (non-hydrogen) atoms. The van der Waals surface area contributed by atoms with Crippen molar-refractivity contribution in [2.24, 2.45) is 0 Å². The van der Waals surface area contributed by atoms with Crippen LogP contribution in [0.25, 0.3) is 0 Å². The fourth-order valence-corrected chi connectivity index (χ4v) is 1.46. The molecular formula is C11H6BrF3N4O. The molecule has 2 aromatic rings. The number of nitrogens with zero attached hydrogens (tertiary/aromatic N) is 2. The molecule has 5 nitrogen and oxygen atoms in total. The number of nitrogens with one attached hydrogen (secondary N) is 2. The molecule has 0 unspecified atom stereocenters. The van der Waals surface area contributed by atoms with Gasteiger partial charge in [0.15, 0.2) is 17.5 Å². The van der Waals surface area contributed by atoms with Crippen molar-refractivity contribution in [1.82, 2.24) is 9.97 Å². The second-order valence-electron chi connectivity index (χ2n) is 3.53. The minimum Gasteiger partial charge on any atom is -0.305 e. The first-order valence-corrected chi connectivity index (χ1v) is 5.95. The van der Waals surface area contributed by atoms with Crippen molar-refractivity contribution < 1.29 is 18.0 Å². The number of carbonyl (C=O) groups is 1. The predicted molar refractivity (Wildman–Crippen MR) is 68.7 cm³/mol. The number of benzene rings is 1. The number of hydrogen-bond acceptors (Lipinski definition) is 3. The van der Waals surface area contributed by atoms with Gasteiger partial charge in [-0.2, -0.15) is 0 Å².